The van der Waals surface area contributed by atoms with Gasteiger partial charge in [0.15, 0.2) is 16.6 Å². The molecule has 0 aliphatic heterocycles. The van der Waals surface area contributed by atoms with Crippen LogP contribution >= 0.6 is 11.3 Å². The smallest absolute Gasteiger partial charge is 0.224 e. The number of hydrogen-bond acceptors (Lipinski definition) is 6. The number of carbonyl (C=O) groups excluding carboxylic acids is 1. The highest BCUT2D eigenvalue weighted by Gasteiger charge is 2.07. The summed E-state index contributed by atoms with van der Waals surface area (Å²) in [6, 6.07) is 13.5. The lowest BCUT2D eigenvalue weighted by atomic mass is 10.1. The summed E-state index contributed by atoms with van der Waals surface area (Å²) in [5.74, 6) is 1.42. The number of benzene rings is 2. The van der Waals surface area contributed by atoms with E-state index in [0.717, 1.165) is 27.6 Å². The standard InChI is InChI=1S/C21H23N3O3S/c1-4-20(25)23-16-8-6-15(7-9-16)17-13-28-21(24-17)22-12-14-5-10-18(26-2)19(11-14)27-3/h5-11,13H,4,12H2,1-3H3,(H,22,24)(H,23,25). The summed E-state index contributed by atoms with van der Waals surface area (Å²) in [7, 11) is 3.25. The van der Waals surface area contributed by atoms with Crippen molar-refractivity contribution in [1.29, 1.82) is 0 Å². The van der Waals surface area contributed by atoms with Gasteiger partial charge in [0.2, 0.25) is 5.91 Å². The van der Waals surface area contributed by atoms with Crippen LogP contribution < -0.4 is 20.1 Å². The van der Waals surface area contributed by atoms with E-state index in [0.29, 0.717) is 24.5 Å². The summed E-state index contributed by atoms with van der Waals surface area (Å²) in [5.41, 5.74) is 3.76. The van der Waals surface area contributed by atoms with Gasteiger partial charge in [-0.05, 0) is 29.8 Å². The normalized spacial score (nSPS) is 10.4. The first-order chi connectivity index (χ1) is 13.6. The number of nitrogens with one attached hydrogen (secondary N) is 2. The number of methoxy groups -OCH3 is 2. The molecule has 0 aliphatic rings. The fourth-order valence-electron chi connectivity index (χ4n) is 2.63. The van der Waals surface area contributed by atoms with Gasteiger partial charge < -0.3 is 20.1 Å². The van der Waals surface area contributed by atoms with E-state index in [1.807, 2.05) is 54.8 Å². The van der Waals surface area contributed by atoms with E-state index in [1.165, 1.54) is 0 Å². The van der Waals surface area contributed by atoms with Crippen molar-refractivity contribution < 1.29 is 14.3 Å². The zero-order valence-corrected chi connectivity index (χ0v) is 16.9. The molecule has 0 spiro atoms. The number of anilines is 2. The molecule has 0 unspecified atom stereocenters. The average molecular weight is 398 g/mol. The van der Waals surface area contributed by atoms with Crippen molar-refractivity contribution in [2.45, 2.75) is 19.9 Å². The van der Waals surface area contributed by atoms with Crippen LogP contribution in [0.5, 0.6) is 11.5 Å². The van der Waals surface area contributed by atoms with E-state index in [1.54, 1.807) is 25.6 Å². The first kappa shape index (κ1) is 19.7. The minimum atomic E-state index is 0.00283. The van der Waals surface area contributed by atoms with E-state index in [-0.39, 0.29) is 5.91 Å². The third-order valence-corrected chi connectivity index (χ3v) is 4.98. The molecule has 3 aromatic rings. The van der Waals surface area contributed by atoms with Gasteiger partial charge in [0.1, 0.15) is 0 Å². The van der Waals surface area contributed by atoms with E-state index in [9.17, 15) is 4.79 Å². The molecule has 0 saturated carbocycles. The second-order valence-electron chi connectivity index (χ2n) is 6.06. The van der Waals surface area contributed by atoms with Crippen molar-refractivity contribution in [3.05, 3.63) is 53.4 Å². The summed E-state index contributed by atoms with van der Waals surface area (Å²) in [5, 5.41) is 9.03. The highest BCUT2D eigenvalue weighted by atomic mass is 32.1. The summed E-state index contributed by atoms with van der Waals surface area (Å²) in [6.07, 6.45) is 0.461. The van der Waals surface area contributed by atoms with Crippen LogP contribution in [0, 0.1) is 0 Å². The molecule has 0 bridgehead atoms. The molecule has 146 valence electrons. The van der Waals surface area contributed by atoms with Crippen molar-refractivity contribution in [3.63, 3.8) is 0 Å². The van der Waals surface area contributed by atoms with E-state index < -0.39 is 0 Å². The number of amides is 1. The van der Waals surface area contributed by atoms with E-state index in [2.05, 4.69) is 15.6 Å². The van der Waals surface area contributed by atoms with Gasteiger partial charge in [-0.2, -0.15) is 0 Å². The molecule has 1 heterocycles. The predicted octanol–water partition coefficient (Wildman–Crippen LogP) is 4.79. The Morgan fingerprint density at radius 1 is 1.07 bits per heavy atom. The molecule has 7 heteroatoms. The summed E-state index contributed by atoms with van der Waals surface area (Å²) < 4.78 is 10.6. The monoisotopic (exact) mass is 397 g/mol. The Morgan fingerprint density at radius 2 is 1.82 bits per heavy atom. The maximum atomic E-state index is 11.5. The molecular weight excluding hydrogens is 374 g/mol. The molecule has 2 aromatic carbocycles. The van der Waals surface area contributed by atoms with Crippen LogP contribution in [0.15, 0.2) is 47.8 Å². The minimum absolute atomic E-state index is 0.00283. The van der Waals surface area contributed by atoms with Gasteiger partial charge in [-0.1, -0.05) is 25.1 Å². The Morgan fingerprint density at radius 3 is 2.50 bits per heavy atom. The Labute approximate surface area is 168 Å². The second-order valence-corrected chi connectivity index (χ2v) is 6.92. The van der Waals surface area contributed by atoms with Gasteiger partial charge in [-0.15, -0.1) is 11.3 Å². The van der Waals surface area contributed by atoms with Crippen LogP contribution in [0.2, 0.25) is 0 Å². The van der Waals surface area contributed by atoms with Gasteiger partial charge in [-0.3, -0.25) is 4.79 Å². The fourth-order valence-corrected chi connectivity index (χ4v) is 3.35. The molecule has 1 amide bonds. The molecule has 0 radical (unpaired) electrons. The number of ether oxygens (including phenoxy) is 2. The van der Waals surface area contributed by atoms with Crippen LogP contribution in [0.25, 0.3) is 11.3 Å². The number of hydrogen-bond donors (Lipinski definition) is 2. The Balaban J connectivity index is 1.63. The van der Waals surface area contributed by atoms with Crippen LogP contribution in [0.4, 0.5) is 10.8 Å². The molecule has 2 N–H and O–H groups in total. The minimum Gasteiger partial charge on any atom is -0.493 e. The zero-order chi connectivity index (χ0) is 19.9. The maximum absolute atomic E-state index is 11.5. The molecule has 3 rings (SSSR count). The summed E-state index contributed by atoms with van der Waals surface area (Å²) >= 11 is 1.55. The Hall–Kier alpha value is -3.06. The van der Waals surface area contributed by atoms with Crippen molar-refractivity contribution in [3.8, 4) is 22.8 Å². The van der Waals surface area contributed by atoms with Crippen LogP contribution in [-0.2, 0) is 11.3 Å². The molecule has 0 saturated heterocycles. The Bertz CT molecular complexity index is 938. The first-order valence-corrected chi connectivity index (χ1v) is 9.81. The summed E-state index contributed by atoms with van der Waals surface area (Å²) in [4.78, 5) is 16.1. The van der Waals surface area contributed by atoms with Crippen LogP contribution in [0.1, 0.15) is 18.9 Å². The second kappa shape index (κ2) is 9.23. The number of aromatic nitrogens is 1. The van der Waals surface area contributed by atoms with Crippen molar-refractivity contribution in [1.82, 2.24) is 4.98 Å². The van der Waals surface area contributed by atoms with Gasteiger partial charge >= 0.3 is 0 Å². The lowest BCUT2D eigenvalue weighted by Gasteiger charge is -2.09. The fraction of sp³-hybridized carbons (Fsp3) is 0.238. The lowest BCUT2D eigenvalue weighted by Crippen LogP contribution is -2.08. The van der Waals surface area contributed by atoms with Crippen LogP contribution in [-0.4, -0.2) is 25.1 Å². The lowest BCUT2D eigenvalue weighted by molar-refractivity contribution is -0.115. The topological polar surface area (TPSA) is 72.5 Å². The number of nitrogens with zero attached hydrogens (tertiary/aromatic N) is 1. The number of thiazole rings is 1. The van der Waals surface area contributed by atoms with Crippen molar-refractivity contribution in [2.75, 3.05) is 24.9 Å². The largest absolute Gasteiger partial charge is 0.493 e. The van der Waals surface area contributed by atoms with E-state index >= 15 is 0 Å². The molecule has 6 nitrogen and oxygen atoms in total. The molecule has 28 heavy (non-hydrogen) atoms. The third kappa shape index (κ3) is 4.80. The zero-order valence-electron chi connectivity index (χ0n) is 16.1. The SMILES string of the molecule is CCC(=O)Nc1ccc(-c2csc(NCc3ccc(OC)c(OC)c3)n2)cc1. The first-order valence-electron chi connectivity index (χ1n) is 8.93. The molecule has 0 fully saturated rings. The van der Waals surface area contributed by atoms with Gasteiger partial charge in [0, 0.05) is 29.6 Å². The van der Waals surface area contributed by atoms with Gasteiger partial charge in [0.25, 0.3) is 0 Å². The van der Waals surface area contributed by atoms with Gasteiger partial charge in [0.05, 0.1) is 19.9 Å². The van der Waals surface area contributed by atoms with E-state index in [4.69, 9.17) is 9.47 Å². The maximum Gasteiger partial charge on any atom is 0.224 e. The van der Waals surface area contributed by atoms with Crippen molar-refractivity contribution in [2.24, 2.45) is 0 Å². The third-order valence-electron chi connectivity index (χ3n) is 4.18. The highest BCUT2D eigenvalue weighted by molar-refractivity contribution is 7.14. The molecule has 0 atom stereocenters. The summed E-state index contributed by atoms with van der Waals surface area (Å²) in [6.45, 7) is 2.46. The molecule has 0 aliphatic carbocycles. The number of carbonyl (C=O) groups is 1. The molecule has 1 aromatic heterocycles. The molecular formula is C21H23N3O3S. The quantitative estimate of drug-likeness (QED) is 0.572. The van der Waals surface area contributed by atoms with Crippen LogP contribution in [0.3, 0.4) is 0 Å². The Kier molecular flexibility index (Phi) is 6.49. The van der Waals surface area contributed by atoms with Crippen molar-refractivity contribution >= 4 is 28.1 Å². The average Bonchev–Trinajstić information content (AvgIpc) is 3.21. The number of rotatable bonds is 8. The van der Waals surface area contributed by atoms with Gasteiger partial charge in [-0.25, -0.2) is 4.98 Å². The highest BCUT2D eigenvalue weighted by Crippen LogP contribution is 2.29. The predicted molar refractivity (Wildman–Crippen MR) is 113 cm³/mol.